The van der Waals surface area contributed by atoms with Crippen molar-refractivity contribution in [1.29, 1.82) is 0 Å². The highest BCUT2D eigenvalue weighted by Crippen LogP contribution is 2.28. The largest absolute Gasteiger partial charge is 0.373 e. The van der Waals surface area contributed by atoms with Crippen LogP contribution in [-0.2, 0) is 19.9 Å². The summed E-state index contributed by atoms with van der Waals surface area (Å²) in [5, 5.41) is 7.63. The van der Waals surface area contributed by atoms with Gasteiger partial charge in [0.2, 0.25) is 0 Å². The van der Waals surface area contributed by atoms with Crippen LogP contribution in [0.5, 0.6) is 0 Å². The summed E-state index contributed by atoms with van der Waals surface area (Å²) in [4.78, 5) is 9.54. The van der Waals surface area contributed by atoms with E-state index in [9.17, 15) is 0 Å². The van der Waals surface area contributed by atoms with Gasteiger partial charge >= 0.3 is 0 Å². The Balaban J connectivity index is 2.13. The van der Waals surface area contributed by atoms with E-state index in [4.69, 9.17) is 9.97 Å². The lowest BCUT2D eigenvalue weighted by Gasteiger charge is -2.12. The van der Waals surface area contributed by atoms with Crippen LogP contribution in [0.3, 0.4) is 0 Å². The molecule has 0 saturated carbocycles. The molecule has 2 aromatic heterocycles. The fourth-order valence-corrected chi connectivity index (χ4v) is 2.92. The first-order valence-corrected chi connectivity index (χ1v) is 7.27. The second-order valence-corrected chi connectivity index (χ2v) is 5.43. The maximum absolute atomic E-state index is 4.82. The second kappa shape index (κ2) is 5.23. The lowest BCUT2D eigenvalue weighted by atomic mass is 10.1. The molecule has 106 valence electrons. The van der Waals surface area contributed by atoms with Crippen LogP contribution in [0.1, 0.15) is 36.2 Å². The van der Waals surface area contributed by atoms with Crippen LogP contribution in [0.2, 0.25) is 0 Å². The van der Waals surface area contributed by atoms with Crippen molar-refractivity contribution < 1.29 is 0 Å². The minimum Gasteiger partial charge on any atom is -0.373 e. The summed E-state index contributed by atoms with van der Waals surface area (Å²) >= 11 is 0. The van der Waals surface area contributed by atoms with Crippen molar-refractivity contribution in [3.8, 4) is 11.4 Å². The molecule has 2 aromatic rings. The lowest BCUT2D eigenvalue weighted by molar-refractivity contribution is 0.709. The molecule has 1 N–H and O–H groups in total. The van der Waals surface area contributed by atoms with Gasteiger partial charge in [0.15, 0.2) is 5.82 Å². The van der Waals surface area contributed by atoms with Gasteiger partial charge in [0.05, 0.1) is 11.3 Å². The summed E-state index contributed by atoms with van der Waals surface area (Å²) in [7, 11) is 3.87. The first-order valence-electron chi connectivity index (χ1n) is 7.27. The molecule has 0 aromatic carbocycles. The molecule has 0 saturated heterocycles. The number of anilines is 1. The van der Waals surface area contributed by atoms with E-state index in [0.29, 0.717) is 0 Å². The third-order valence-corrected chi connectivity index (χ3v) is 3.92. The number of aromatic nitrogens is 4. The molecule has 0 fully saturated rings. The minimum atomic E-state index is 0.792. The summed E-state index contributed by atoms with van der Waals surface area (Å²) in [6.07, 6.45) is 7.86. The number of hydrogen-bond donors (Lipinski definition) is 1. The first kappa shape index (κ1) is 13.1. The van der Waals surface area contributed by atoms with Gasteiger partial charge in [-0.05, 0) is 32.6 Å². The highest BCUT2D eigenvalue weighted by molar-refractivity contribution is 5.61. The highest BCUT2D eigenvalue weighted by atomic mass is 15.3. The minimum absolute atomic E-state index is 0.792. The molecule has 1 aliphatic rings. The number of rotatable bonds is 2. The molecule has 0 amide bonds. The van der Waals surface area contributed by atoms with E-state index in [1.54, 1.807) is 0 Å². The summed E-state index contributed by atoms with van der Waals surface area (Å²) in [6, 6.07) is 0. The zero-order valence-electron chi connectivity index (χ0n) is 12.4. The second-order valence-electron chi connectivity index (χ2n) is 5.43. The molecule has 0 spiro atoms. The van der Waals surface area contributed by atoms with E-state index in [2.05, 4.69) is 10.4 Å². The van der Waals surface area contributed by atoms with Gasteiger partial charge in [0, 0.05) is 31.5 Å². The lowest BCUT2D eigenvalue weighted by Crippen LogP contribution is -2.07. The van der Waals surface area contributed by atoms with Crippen LogP contribution in [0.4, 0.5) is 5.82 Å². The number of aryl methyl sites for hydroxylation is 3. The Morgan fingerprint density at radius 1 is 1.15 bits per heavy atom. The molecule has 5 nitrogen and oxygen atoms in total. The predicted octanol–water partition coefficient (Wildman–Crippen LogP) is 2.50. The van der Waals surface area contributed by atoms with E-state index in [-0.39, 0.29) is 0 Å². The van der Waals surface area contributed by atoms with Gasteiger partial charge in [-0.15, -0.1) is 0 Å². The van der Waals surface area contributed by atoms with Crippen LogP contribution in [-0.4, -0.2) is 26.8 Å². The number of nitrogens with one attached hydrogen (secondary N) is 1. The quantitative estimate of drug-likeness (QED) is 0.853. The van der Waals surface area contributed by atoms with Crippen molar-refractivity contribution in [3.05, 3.63) is 23.1 Å². The van der Waals surface area contributed by atoms with Crippen molar-refractivity contribution in [2.24, 2.45) is 7.05 Å². The zero-order valence-corrected chi connectivity index (χ0v) is 12.4. The van der Waals surface area contributed by atoms with Gasteiger partial charge in [-0.2, -0.15) is 5.10 Å². The molecule has 0 atom stereocenters. The third-order valence-electron chi connectivity index (χ3n) is 3.92. The molecule has 0 aliphatic heterocycles. The smallest absolute Gasteiger partial charge is 0.165 e. The molecule has 5 heteroatoms. The van der Waals surface area contributed by atoms with Gasteiger partial charge in [-0.25, -0.2) is 9.97 Å². The zero-order chi connectivity index (χ0) is 14.1. The molecule has 0 radical (unpaired) electrons. The molecule has 2 heterocycles. The van der Waals surface area contributed by atoms with Gasteiger partial charge < -0.3 is 5.32 Å². The Kier molecular flexibility index (Phi) is 3.42. The predicted molar refractivity (Wildman–Crippen MR) is 79.8 cm³/mol. The van der Waals surface area contributed by atoms with E-state index >= 15 is 0 Å². The molecule has 3 rings (SSSR count). The van der Waals surface area contributed by atoms with E-state index in [1.165, 1.54) is 30.5 Å². The molecular weight excluding hydrogens is 250 g/mol. The van der Waals surface area contributed by atoms with Crippen LogP contribution in [0.25, 0.3) is 11.4 Å². The van der Waals surface area contributed by atoms with Gasteiger partial charge in [0.25, 0.3) is 0 Å². The fourth-order valence-electron chi connectivity index (χ4n) is 2.92. The van der Waals surface area contributed by atoms with Crippen LogP contribution in [0.15, 0.2) is 6.20 Å². The van der Waals surface area contributed by atoms with Crippen molar-refractivity contribution in [1.82, 2.24) is 19.7 Å². The average Bonchev–Trinajstić information content (AvgIpc) is 2.65. The number of nitrogens with zero attached hydrogens (tertiary/aromatic N) is 4. The van der Waals surface area contributed by atoms with Crippen LogP contribution >= 0.6 is 0 Å². The first-order chi connectivity index (χ1) is 9.69. The summed E-state index contributed by atoms with van der Waals surface area (Å²) in [5.41, 5.74) is 4.51. The normalized spacial score (nSPS) is 14.8. The summed E-state index contributed by atoms with van der Waals surface area (Å²) in [5.74, 6) is 1.77. The van der Waals surface area contributed by atoms with Crippen molar-refractivity contribution >= 4 is 5.82 Å². The maximum Gasteiger partial charge on any atom is 0.165 e. The van der Waals surface area contributed by atoms with Crippen LogP contribution in [0, 0.1) is 6.92 Å². The molecular formula is C15H21N5. The molecule has 1 aliphatic carbocycles. The Bertz CT molecular complexity index is 629. The Labute approximate surface area is 119 Å². The van der Waals surface area contributed by atoms with Crippen molar-refractivity contribution in [3.63, 3.8) is 0 Å². The average molecular weight is 271 g/mol. The van der Waals surface area contributed by atoms with E-state index < -0.39 is 0 Å². The molecule has 0 bridgehead atoms. The number of hydrogen-bond acceptors (Lipinski definition) is 4. The molecule has 0 unspecified atom stereocenters. The SMILES string of the molecule is CNc1nc(-c2cn(C)nc2C)nc2c1CCCCC2. The summed E-state index contributed by atoms with van der Waals surface area (Å²) < 4.78 is 1.82. The topological polar surface area (TPSA) is 55.6 Å². The maximum atomic E-state index is 4.82. The Morgan fingerprint density at radius 2 is 1.95 bits per heavy atom. The monoisotopic (exact) mass is 271 g/mol. The fraction of sp³-hybridized carbons (Fsp3) is 0.533. The third kappa shape index (κ3) is 2.28. The molecule has 20 heavy (non-hydrogen) atoms. The van der Waals surface area contributed by atoms with Crippen LogP contribution < -0.4 is 5.32 Å². The van der Waals surface area contributed by atoms with E-state index in [0.717, 1.165) is 35.7 Å². The van der Waals surface area contributed by atoms with Gasteiger partial charge in [0.1, 0.15) is 5.82 Å². The highest BCUT2D eigenvalue weighted by Gasteiger charge is 2.18. The number of fused-ring (bicyclic) bond motifs is 1. The van der Waals surface area contributed by atoms with E-state index in [1.807, 2.05) is 31.9 Å². The van der Waals surface area contributed by atoms with Crippen molar-refractivity contribution in [2.75, 3.05) is 12.4 Å². The van der Waals surface area contributed by atoms with Crippen molar-refractivity contribution in [2.45, 2.75) is 39.0 Å². The Hall–Kier alpha value is -1.91. The Morgan fingerprint density at radius 3 is 2.65 bits per heavy atom. The van der Waals surface area contributed by atoms with Gasteiger partial charge in [-0.1, -0.05) is 6.42 Å². The summed E-state index contributed by atoms with van der Waals surface area (Å²) in [6.45, 7) is 2.00. The standard InChI is InChI=1S/C15H21N5/c1-10-12(9-20(3)19-10)15-17-13-8-6-4-5-7-11(13)14(16-2)18-15/h9H,4-8H2,1-3H3,(H,16,17,18). The van der Waals surface area contributed by atoms with Gasteiger partial charge in [-0.3, -0.25) is 4.68 Å².